The highest BCUT2D eigenvalue weighted by Crippen LogP contribution is 2.12. The van der Waals surface area contributed by atoms with Crippen molar-refractivity contribution in [2.24, 2.45) is 11.7 Å². The van der Waals surface area contributed by atoms with Crippen molar-refractivity contribution in [3.63, 3.8) is 0 Å². The monoisotopic (exact) mass is 190 g/mol. The van der Waals surface area contributed by atoms with Crippen molar-refractivity contribution >= 4 is 5.91 Å². The summed E-state index contributed by atoms with van der Waals surface area (Å²) in [6.07, 6.45) is -1.09. The van der Waals surface area contributed by atoms with Gasteiger partial charge in [0.1, 0.15) is 0 Å². The standard InChI is InChI=1S/C8H18N2O3/c1-5(10(2)3)7(8(9)13)6(12)4-11/h5-7,11-12H,4H2,1-3H3,(H2,9,13). The van der Waals surface area contributed by atoms with E-state index >= 15 is 0 Å². The molecule has 0 saturated heterocycles. The maximum absolute atomic E-state index is 11.0. The van der Waals surface area contributed by atoms with Crippen molar-refractivity contribution < 1.29 is 15.0 Å². The maximum Gasteiger partial charge on any atom is 0.224 e. The summed E-state index contributed by atoms with van der Waals surface area (Å²) in [7, 11) is 3.56. The SMILES string of the molecule is CC(C(C(N)=O)C(O)CO)N(C)C. The zero-order valence-electron chi connectivity index (χ0n) is 8.27. The molecule has 0 spiro atoms. The van der Waals surface area contributed by atoms with Crippen molar-refractivity contribution in [1.29, 1.82) is 0 Å². The minimum Gasteiger partial charge on any atom is -0.394 e. The van der Waals surface area contributed by atoms with Crippen LogP contribution in [-0.2, 0) is 4.79 Å². The topological polar surface area (TPSA) is 86.8 Å². The molecule has 4 N–H and O–H groups in total. The van der Waals surface area contributed by atoms with Crippen LogP contribution in [-0.4, -0.2) is 53.9 Å². The first-order valence-electron chi connectivity index (χ1n) is 4.16. The Labute approximate surface area is 78.1 Å². The first-order valence-corrected chi connectivity index (χ1v) is 4.16. The third-order valence-corrected chi connectivity index (χ3v) is 2.26. The molecule has 0 aromatic heterocycles. The van der Waals surface area contributed by atoms with Crippen molar-refractivity contribution in [1.82, 2.24) is 4.90 Å². The molecule has 0 radical (unpaired) electrons. The number of nitrogens with zero attached hydrogens (tertiary/aromatic N) is 1. The summed E-state index contributed by atoms with van der Waals surface area (Å²) in [4.78, 5) is 12.7. The van der Waals surface area contributed by atoms with Crippen LogP contribution in [0.1, 0.15) is 6.92 Å². The van der Waals surface area contributed by atoms with Gasteiger partial charge in [-0.05, 0) is 21.0 Å². The number of rotatable bonds is 5. The van der Waals surface area contributed by atoms with Gasteiger partial charge in [0, 0.05) is 6.04 Å². The fraction of sp³-hybridized carbons (Fsp3) is 0.875. The van der Waals surface area contributed by atoms with Crippen LogP contribution < -0.4 is 5.73 Å². The minimum absolute atomic E-state index is 0.195. The van der Waals surface area contributed by atoms with Crippen LogP contribution in [0, 0.1) is 5.92 Å². The highest BCUT2D eigenvalue weighted by Gasteiger charge is 2.30. The van der Waals surface area contributed by atoms with E-state index in [2.05, 4.69) is 0 Å². The number of aliphatic hydroxyl groups excluding tert-OH is 2. The van der Waals surface area contributed by atoms with E-state index in [1.54, 1.807) is 25.9 Å². The first kappa shape index (κ1) is 12.3. The van der Waals surface area contributed by atoms with E-state index in [-0.39, 0.29) is 6.04 Å². The van der Waals surface area contributed by atoms with Crippen LogP contribution >= 0.6 is 0 Å². The number of nitrogens with two attached hydrogens (primary N) is 1. The molecule has 3 atom stereocenters. The molecule has 1 amide bonds. The number of primary amides is 1. The molecular formula is C8H18N2O3. The number of aliphatic hydroxyl groups is 2. The van der Waals surface area contributed by atoms with E-state index in [4.69, 9.17) is 10.8 Å². The molecule has 0 heterocycles. The molecule has 5 heteroatoms. The molecule has 0 aliphatic rings. The summed E-state index contributed by atoms with van der Waals surface area (Å²) in [6, 6.07) is -0.195. The smallest absolute Gasteiger partial charge is 0.224 e. The molecule has 0 aromatic carbocycles. The molecule has 13 heavy (non-hydrogen) atoms. The second-order valence-corrected chi connectivity index (χ2v) is 3.38. The van der Waals surface area contributed by atoms with Crippen molar-refractivity contribution in [3.8, 4) is 0 Å². The molecule has 0 aliphatic heterocycles. The third kappa shape index (κ3) is 3.30. The van der Waals surface area contributed by atoms with Crippen molar-refractivity contribution in [3.05, 3.63) is 0 Å². The van der Waals surface area contributed by atoms with Gasteiger partial charge in [-0.2, -0.15) is 0 Å². The first-order chi connectivity index (χ1) is 5.91. The molecule has 0 fully saturated rings. The Bertz CT molecular complexity index is 173. The Hall–Kier alpha value is -0.650. The summed E-state index contributed by atoms with van der Waals surface area (Å²) >= 11 is 0. The van der Waals surface area contributed by atoms with Crippen LogP contribution in [0.15, 0.2) is 0 Å². The predicted octanol–water partition coefficient (Wildman–Crippen LogP) is -1.61. The molecule has 0 aliphatic carbocycles. The molecule has 0 rings (SSSR count). The second-order valence-electron chi connectivity index (χ2n) is 3.38. The van der Waals surface area contributed by atoms with Gasteiger partial charge in [-0.3, -0.25) is 4.79 Å². The van der Waals surface area contributed by atoms with Crippen LogP contribution in [0.3, 0.4) is 0 Å². The van der Waals surface area contributed by atoms with E-state index in [0.29, 0.717) is 0 Å². The molecule has 5 nitrogen and oxygen atoms in total. The van der Waals surface area contributed by atoms with Crippen LogP contribution in [0.5, 0.6) is 0 Å². The van der Waals surface area contributed by atoms with Gasteiger partial charge >= 0.3 is 0 Å². The maximum atomic E-state index is 11.0. The molecule has 3 unspecified atom stereocenters. The Balaban J connectivity index is 4.50. The average molecular weight is 190 g/mol. The van der Waals surface area contributed by atoms with Gasteiger partial charge < -0.3 is 20.8 Å². The quantitative estimate of drug-likeness (QED) is 0.487. The molecule has 0 aromatic rings. The Morgan fingerprint density at radius 1 is 1.54 bits per heavy atom. The van der Waals surface area contributed by atoms with Gasteiger partial charge in [-0.1, -0.05) is 0 Å². The highest BCUT2D eigenvalue weighted by atomic mass is 16.3. The van der Waals surface area contributed by atoms with Crippen molar-refractivity contribution in [2.45, 2.75) is 19.1 Å². The summed E-state index contributed by atoms with van der Waals surface area (Å²) < 4.78 is 0. The number of carbonyl (C=O) groups is 1. The van der Waals surface area contributed by atoms with Gasteiger partial charge in [0.05, 0.1) is 18.6 Å². The highest BCUT2D eigenvalue weighted by molar-refractivity contribution is 5.78. The van der Waals surface area contributed by atoms with Gasteiger partial charge in [-0.25, -0.2) is 0 Å². The van der Waals surface area contributed by atoms with Gasteiger partial charge in [0.15, 0.2) is 0 Å². The fourth-order valence-corrected chi connectivity index (χ4v) is 1.18. The van der Waals surface area contributed by atoms with Crippen LogP contribution in [0.25, 0.3) is 0 Å². The average Bonchev–Trinajstić information content (AvgIpc) is 2.03. The summed E-state index contributed by atoms with van der Waals surface area (Å²) in [5, 5.41) is 18.0. The van der Waals surface area contributed by atoms with E-state index < -0.39 is 24.5 Å². The van der Waals surface area contributed by atoms with Gasteiger partial charge in [0.2, 0.25) is 5.91 Å². The Morgan fingerprint density at radius 3 is 2.23 bits per heavy atom. The summed E-state index contributed by atoms with van der Waals surface area (Å²) in [6.45, 7) is 1.32. The zero-order chi connectivity index (χ0) is 10.6. The van der Waals surface area contributed by atoms with E-state index in [1.165, 1.54) is 0 Å². The number of amides is 1. The summed E-state index contributed by atoms with van der Waals surface area (Å²) in [5.41, 5.74) is 5.12. The van der Waals surface area contributed by atoms with Gasteiger partial charge in [-0.15, -0.1) is 0 Å². The molecule has 0 saturated carbocycles. The largest absolute Gasteiger partial charge is 0.394 e. The molecule has 0 bridgehead atoms. The summed E-state index contributed by atoms with van der Waals surface area (Å²) in [5.74, 6) is -1.33. The lowest BCUT2D eigenvalue weighted by molar-refractivity contribution is -0.129. The zero-order valence-corrected chi connectivity index (χ0v) is 8.27. The lowest BCUT2D eigenvalue weighted by Gasteiger charge is -2.29. The third-order valence-electron chi connectivity index (χ3n) is 2.26. The second kappa shape index (κ2) is 5.16. The fourth-order valence-electron chi connectivity index (χ4n) is 1.18. The number of hydrogen-bond donors (Lipinski definition) is 3. The minimum atomic E-state index is -1.09. The Morgan fingerprint density at radius 2 is 2.00 bits per heavy atom. The number of carbonyl (C=O) groups excluding carboxylic acids is 1. The normalized spacial score (nSPS) is 18.3. The van der Waals surface area contributed by atoms with Crippen molar-refractivity contribution in [2.75, 3.05) is 20.7 Å². The van der Waals surface area contributed by atoms with Crippen LogP contribution in [0.4, 0.5) is 0 Å². The lowest BCUT2D eigenvalue weighted by atomic mass is 9.94. The Kier molecular flexibility index (Phi) is 4.90. The lowest BCUT2D eigenvalue weighted by Crippen LogP contribution is -2.47. The van der Waals surface area contributed by atoms with Crippen LogP contribution in [0.2, 0.25) is 0 Å². The predicted molar refractivity (Wildman–Crippen MR) is 48.9 cm³/mol. The molecular weight excluding hydrogens is 172 g/mol. The van der Waals surface area contributed by atoms with E-state index in [9.17, 15) is 9.90 Å². The number of hydrogen-bond acceptors (Lipinski definition) is 4. The molecule has 78 valence electrons. The van der Waals surface area contributed by atoms with Gasteiger partial charge in [0.25, 0.3) is 0 Å². The van der Waals surface area contributed by atoms with E-state index in [0.717, 1.165) is 0 Å². The van der Waals surface area contributed by atoms with E-state index in [1.807, 2.05) is 0 Å².